The third kappa shape index (κ3) is 2.34. The average Bonchev–Trinajstić information content (AvgIpc) is 2.83. The lowest BCUT2D eigenvalue weighted by atomic mass is 10.2. The van der Waals surface area contributed by atoms with Gasteiger partial charge in [-0.05, 0) is 18.5 Å². The third-order valence-corrected chi connectivity index (χ3v) is 3.70. The quantitative estimate of drug-likeness (QED) is 0.793. The molecule has 0 bridgehead atoms. The second kappa shape index (κ2) is 4.15. The molecule has 0 aromatic carbocycles. The predicted molar refractivity (Wildman–Crippen MR) is 55.2 cm³/mol. The fraction of sp³-hybridized carbons (Fsp3) is 0.250. The van der Waals surface area contributed by atoms with Gasteiger partial charge in [0.1, 0.15) is 4.88 Å². The van der Waals surface area contributed by atoms with Crippen LogP contribution < -0.4 is 0 Å². The molecule has 0 aliphatic carbocycles. The van der Waals surface area contributed by atoms with E-state index < -0.39 is 17.0 Å². The summed E-state index contributed by atoms with van der Waals surface area (Å²) in [6.07, 6.45) is -3.60. The number of alkyl halides is 3. The average molecular weight is 279 g/mol. The summed E-state index contributed by atoms with van der Waals surface area (Å²) in [6, 6.07) is 0. The monoisotopic (exact) mass is 279 g/mol. The molecule has 0 aliphatic heterocycles. The van der Waals surface area contributed by atoms with Crippen molar-refractivity contribution in [1.82, 2.24) is 14.6 Å². The van der Waals surface area contributed by atoms with Gasteiger partial charge < -0.3 is 0 Å². The molecule has 0 unspecified atom stereocenters. The van der Waals surface area contributed by atoms with Crippen molar-refractivity contribution in [1.29, 1.82) is 0 Å². The summed E-state index contributed by atoms with van der Waals surface area (Å²) in [5.74, 6) is -0.523. The van der Waals surface area contributed by atoms with Crippen LogP contribution in [0.25, 0.3) is 0 Å². The molecule has 0 spiro atoms. The van der Waals surface area contributed by atoms with Gasteiger partial charge in [0.2, 0.25) is 5.78 Å². The van der Waals surface area contributed by atoms with Gasteiger partial charge >= 0.3 is 6.18 Å². The van der Waals surface area contributed by atoms with Crippen LogP contribution in [0.4, 0.5) is 13.2 Å². The maximum Gasteiger partial charge on any atom is 0.443 e. The molecule has 2 aromatic heterocycles. The van der Waals surface area contributed by atoms with Gasteiger partial charge in [0.15, 0.2) is 5.01 Å². The highest BCUT2D eigenvalue weighted by Gasteiger charge is 2.35. The Morgan fingerprint density at radius 2 is 2.12 bits per heavy atom. The van der Waals surface area contributed by atoms with E-state index in [0.717, 1.165) is 17.7 Å². The second-order valence-electron chi connectivity index (χ2n) is 3.04. The summed E-state index contributed by atoms with van der Waals surface area (Å²) in [5.41, 5.74) is 0.405. The first-order valence-electron chi connectivity index (χ1n) is 4.26. The molecule has 0 N–H and O–H groups in total. The summed E-state index contributed by atoms with van der Waals surface area (Å²) in [6.45, 7) is 1.57. The highest BCUT2D eigenvalue weighted by atomic mass is 32.1. The molecule has 9 heteroatoms. The zero-order chi connectivity index (χ0) is 12.6. The van der Waals surface area contributed by atoms with Gasteiger partial charge in [0, 0.05) is 6.20 Å². The Bertz CT molecular complexity index is 560. The molecule has 0 saturated heterocycles. The third-order valence-electron chi connectivity index (χ3n) is 1.83. The van der Waals surface area contributed by atoms with Crippen LogP contribution >= 0.6 is 22.9 Å². The molecule has 2 rings (SSSR count). The number of carbonyl (C=O) groups excluding carboxylic acids is 1. The highest BCUT2D eigenvalue weighted by molar-refractivity contribution is 7.15. The molecule has 0 fully saturated rings. The van der Waals surface area contributed by atoms with Gasteiger partial charge in [0.25, 0.3) is 0 Å². The van der Waals surface area contributed by atoms with Crippen molar-refractivity contribution < 1.29 is 18.0 Å². The van der Waals surface area contributed by atoms with Crippen LogP contribution in [0.1, 0.15) is 25.3 Å². The highest BCUT2D eigenvalue weighted by Crippen LogP contribution is 2.33. The van der Waals surface area contributed by atoms with Crippen LogP contribution in [0.15, 0.2) is 6.20 Å². The number of hydrogen-bond donors (Lipinski definition) is 0. The van der Waals surface area contributed by atoms with E-state index in [0.29, 0.717) is 17.0 Å². The van der Waals surface area contributed by atoms with Crippen molar-refractivity contribution in [3.8, 4) is 0 Å². The Labute approximate surface area is 101 Å². The van der Waals surface area contributed by atoms with Crippen LogP contribution in [-0.2, 0) is 6.18 Å². The second-order valence-corrected chi connectivity index (χ2v) is 4.83. The van der Waals surface area contributed by atoms with Crippen LogP contribution in [0.2, 0.25) is 0 Å². The molecule has 0 aliphatic rings. The maximum atomic E-state index is 12.3. The first-order chi connectivity index (χ1) is 7.89. The standard InChI is InChI=1S/C8H4F3N3OS2/c1-3-6(17-14-13-3)5(15)4-2-12-7(16-4)8(9,10)11/h2H,1H3. The molecule has 90 valence electrons. The lowest BCUT2D eigenvalue weighted by molar-refractivity contribution is -0.137. The summed E-state index contributed by atoms with van der Waals surface area (Å²) < 4.78 is 40.5. The van der Waals surface area contributed by atoms with Gasteiger partial charge in [-0.25, -0.2) is 4.98 Å². The zero-order valence-corrected chi connectivity index (χ0v) is 9.91. The molecule has 0 saturated carbocycles. The Kier molecular flexibility index (Phi) is 2.96. The number of carbonyl (C=O) groups is 1. The number of rotatable bonds is 2. The van der Waals surface area contributed by atoms with Gasteiger partial charge in [-0.3, -0.25) is 4.79 Å². The Morgan fingerprint density at radius 3 is 2.59 bits per heavy atom. The minimum Gasteiger partial charge on any atom is -0.287 e. The molecule has 0 radical (unpaired) electrons. The number of aromatic nitrogens is 3. The zero-order valence-electron chi connectivity index (χ0n) is 8.28. The molecule has 2 heterocycles. The van der Waals surface area contributed by atoms with E-state index in [1.54, 1.807) is 6.92 Å². The topological polar surface area (TPSA) is 55.7 Å². The van der Waals surface area contributed by atoms with Crippen molar-refractivity contribution in [2.75, 3.05) is 0 Å². The Morgan fingerprint density at radius 1 is 1.41 bits per heavy atom. The van der Waals surface area contributed by atoms with E-state index in [2.05, 4.69) is 14.6 Å². The SMILES string of the molecule is Cc1nnsc1C(=O)c1cnc(C(F)(F)F)s1. The number of halogens is 3. The van der Waals surface area contributed by atoms with Crippen LogP contribution in [-0.4, -0.2) is 20.4 Å². The van der Waals surface area contributed by atoms with Crippen LogP contribution in [0, 0.1) is 6.92 Å². The van der Waals surface area contributed by atoms with Crippen LogP contribution in [0.3, 0.4) is 0 Å². The molecular weight excluding hydrogens is 275 g/mol. The fourth-order valence-electron chi connectivity index (χ4n) is 1.06. The molecule has 2 aromatic rings. The molecule has 0 amide bonds. The summed E-state index contributed by atoms with van der Waals surface area (Å²) in [5, 5.41) is 2.60. The molecular formula is C8H4F3N3OS2. The number of ketones is 1. The smallest absolute Gasteiger partial charge is 0.287 e. The lowest BCUT2D eigenvalue weighted by Gasteiger charge is -1.98. The molecule has 17 heavy (non-hydrogen) atoms. The van der Waals surface area contributed by atoms with Crippen molar-refractivity contribution in [2.24, 2.45) is 0 Å². The van der Waals surface area contributed by atoms with Gasteiger partial charge in [-0.15, -0.1) is 16.4 Å². The lowest BCUT2D eigenvalue weighted by Crippen LogP contribution is -2.03. The van der Waals surface area contributed by atoms with E-state index in [1.807, 2.05) is 0 Å². The Hall–Kier alpha value is -1.35. The first-order valence-corrected chi connectivity index (χ1v) is 5.85. The Balaban J connectivity index is 2.33. The number of hydrogen-bond acceptors (Lipinski definition) is 6. The van der Waals surface area contributed by atoms with E-state index in [-0.39, 0.29) is 9.75 Å². The van der Waals surface area contributed by atoms with Gasteiger partial charge in [-0.1, -0.05) is 4.49 Å². The minimum atomic E-state index is -4.52. The number of nitrogens with zero attached hydrogens (tertiary/aromatic N) is 3. The van der Waals surface area contributed by atoms with Crippen molar-refractivity contribution in [2.45, 2.75) is 13.1 Å². The van der Waals surface area contributed by atoms with Gasteiger partial charge in [0.05, 0.1) is 10.6 Å². The van der Waals surface area contributed by atoms with Crippen molar-refractivity contribution >= 4 is 28.7 Å². The molecule has 0 atom stereocenters. The largest absolute Gasteiger partial charge is 0.443 e. The summed E-state index contributed by atoms with van der Waals surface area (Å²) in [7, 11) is 0. The predicted octanol–water partition coefficient (Wildman–Crippen LogP) is 2.55. The fourth-order valence-corrected chi connectivity index (χ4v) is 2.47. The number of thiazole rings is 1. The van der Waals surface area contributed by atoms with Gasteiger partial charge in [-0.2, -0.15) is 13.2 Å². The van der Waals surface area contributed by atoms with E-state index in [4.69, 9.17) is 0 Å². The van der Waals surface area contributed by atoms with Crippen molar-refractivity contribution in [3.05, 3.63) is 26.7 Å². The number of aryl methyl sites for hydroxylation is 1. The van der Waals surface area contributed by atoms with Crippen LogP contribution in [0.5, 0.6) is 0 Å². The van der Waals surface area contributed by atoms with Crippen molar-refractivity contribution in [3.63, 3.8) is 0 Å². The maximum absolute atomic E-state index is 12.3. The minimum absolute atomic E-state index is 0.0634. The van der Waals surface area contributed by atoms with E-state index >= 15 is 0 Å². The summed E-state index contributed by atoms with van der Waals surface area (Å²) >= 11 is 1.18. The normalized spacial score (nSPS) is 11.8. The summed E-state index contributed by atoms with van der Waals surface area (Å²) in [4.78, 5) is 15.2. The molecule has 4 nitrogen and oxygen atoms in total. The van der Waals surface area contributed by atoms with E-state index in [1.165, 1.54) is 0 Å². The van der Waals surface area contributed by atoms with E-state index in [9.17, 15) is 18.0 Å². The first kappa shape index (κ1) is 12.1.